The maximum atomic E-state index is 12.8. The van der Waals surface area contributed by atoms with E-state index >= 15 is 0 Å². The smallest absolute Gasteiger partial charge is 0.237 e. The highest BCUT2D eigenvalue weighted by Gasteiger charge is 2.46. The summed E-state index contributed by atoms with van der Waals surface area (Å²) in [5.74, 6) is 0.861. The standard InChI is InChI=1S/C22H29N7O5/c1-28(2)19-17-20(25-10-24-19)29(11-26-17)22-18(31)16(15(9-30)34-22)27-21(32)14(23)8-12-4-6-13(33-3)7-5-12/h4-7,10-11,14-16,18,22,30-31H,8-9,23H2,1-3H3,(H,27,32)/t14?,15-,16+,18+,22-/m1/s1. The Kier molecular flexibility index (Phi) is 6.93. The number of ether oxygens (including phenoxy) is 2. The van der Waals surface area contributed by atoms with Gasteiger partial charge in [0.2, 0.25) is 5.91 Å². The molecule has 1 saturated heterocycles. The molecule has 2 aromatic heterocycles. The van der Waals surface area contributed by atoms with Crippen LogP contribution >= 0.6 is 0 Å². The molecule has 1 fully saturated rings. The second-order valence-corrected chi connectivity index (χ2v) is 8.35. The molecule has 3 heterocycles. The number of nitrogens with two attached hydrogens (primary N) is 1. The molecule has 1 unspecified atom stereocenters. The number of fused-ring (bicyclic) bond motifs is 1. The number of hydrogen-bond donors (Lipinski definition) is 4. The Morgan fingerprint density at radius 3 is 2.68 bits per heavy atom. The zero-order valence-electron chi connectivity index (χ0n) is 19.2. The van der Waals surface area contributed by atoms with E-state index in [4.69, 9.17) is 15.2 Å². The van der Waals surface area contributed by atoms with Crippen LogP contribution in [-0.2, 0) is 16.0 Å². The number of nitrogens with one attached hydrogen (secondary N) is 1. The van der Waals surface area contributed by atoms with E-state index in [0.29, 0.717) is 29.2 Å². The number of rotatable bonds is 8. The summed E-state index contributed by atoms with van der Waals surface area (Å²) in [4.78, 5) is 27.5. The predicted octanol–water partition coefficient (Wildman–Crippen LogP) is -0.794. The molecule has 182 valence electrons. The molecule has 0 saturated carbocycles. The number of hydrogen-bond acceptors (Lipinski definition) is 10. The number of benzene rings is 1. The Hall–Kier alpha value is -3.32. The Labute approximate surface area is 196 Å². The van der Waals surface area contributed by atoms with Gasteiger partial charge in [-0.2, -0.15) is 0 Å². The summed E-state index contributed by atoms with van der Waals surface area (Å²) in [6, 6.07) is 5.52. The third kappa shape index (κ3) is 4.53. The van der Waals surface area contributed by atoms with Gasteiger partial charge in [-0.05, 0) is 24.1 Å². The average molecular weight is 472 g/mol. The lowest BCUT2D eigenvalue weighted by molar-refractivity contribution is -0.124. The minimum Gasteiger partial charge on any atom is -0.497 e. The van der Waals surface area contributed by atoms with Gasteiger partial charge < -0.3 is 35.6 Å². The van der Waals surface area contributed by atoms with Crippen LogP contribution in [0.4, 0.5) is 5.82 Å². The minimum atomic E-state index is -1.18. The lowest BCUT2D eigenvalue weighted by atomic mass is 10.0. The summed E-state index contributed by atoms with van der Waals surface area (Å²) >= 11 is 0. The van der Waals surface area contributed by atoms with E-state index in [9.17, 15) is 15.0 Å². The van der Waals surface area contributed by atoms with Gasteiger partial charge in [0.15, 0.2) is 23.2 Å². The third-order valence-corrected chi connectivity index (χ3v) is 5.85. The molecule has 12 heteroatoms. The normalized spacial score (nSPS) is 23.1. The lowest BCUT2D eigenvalue weighted by Crippen LogP contribution is -2.53. The molecule has 4 rings (SSSR count). The Morgan fingerprint density at radius 2 is 2.03 bits per heavy atom. The first-order valence-corrected chi connectivity index (χ1v) is 10.8. The lowest BCUT2D eigenvalue weighted by Gasteiger charge is -2.23. The number of aliphatic hydroxyl groups is 2. The number of carbonyl (C=O) groups is 1. The summed E-state index contributed by atoms with van der Waals surface area (Å²) in [5.41, 5.74) is 7.98. The number of amides is 1. The van der Waals surface area contributed by atoms with Crippen LogP contribution in [0.15, 0.2) is 36.9 Å². The van der Waals surface area contributed by atoms with Crippen LogP contribution in [0.1, 0.15) is 11.8 Å². The van der Waals surface area contributed by atoms with E-state index in [0.717, 1.165) is 5.56 Å². The van der Waals surface area contributed by atoms with Crippen molar-refractivity contribution in [2.45, 2.75) is 36.9 Å². The molecule has 34 heavy (non-hydrogen) atoms. The molecule has 5 N–H and O–H groups in total. The molecule has 0 radical (unpaired) electrons. The SMILES string of the molecule is COc1ccc(CC(N)C(=O)N[C@@H]2[C@H](O)[C@H](n3cnc4c(N(C)C)ncnc43)O[C@@H]2CO)cc1. The molecule has 0 aliphatic carbocycles. The van der Waals surface area contributed by atoms with E-state index in [1.165, 1.54) is 12.7 Å². The monoisotopic (exact) mass is 471 g/mol. The maximum Gasteiger partial charge on any atom is 0.237 e. The Balaban J connectivity index is 1.49. The molecule has 5 atom stereocenters. The van der Waals surface area contributed by atoms with Crippen molar-refractivity contribution in [3.05, 3.63) is 42.5 Å². The number of imidazole rings is 1. The maximum absolute atomic E-state index is 12.8. The van der Waals surface area contributed by atoms with Crippen LogP contribution < -0.4 is 20.7 Å². The zero-order valence-corrected chi connectivity index (χ0v) is 19.2. The van der Waals surface area contributed by atoms with Crippen LogP contribution in [-0.4, -0.2) is 87.7 Å². The van der Waals surface area contributed by atoms with E-state index in [1.54, 1.807) is 28.7 Å². The highest BCUT2D eigenvalue weighted by molar-refractivity contribution is 5.83. The molecule has 0 spiro atoms. The highest BCUT2D eigenvalue weighted by Crippen LogP contribution is 2.32. The number of carbonyl (C=O) groups excluding carboxylic acids is 1. The van der Waals surface area contributed by atoms with Gasteiger partial charge in [-0.15, -0.1) is 0 Å². The van der Waals surface area contributed by atoms with Crippen molar-refractivity contribution in [3.63, 3.8) is 0 Å². The molecular formula is C22H29N7O5. The highest BCUT2D eigenvalue weighted by atomic mass is 16.5. The van der Waals surface area contributed by atoms with Gasteiger partial charge >= 0.3 is 0 Å². The van der Waals surface area contributed by atoms with E-state index in [-0.39, 0.29) is 0 Å². The fourth-order valence-electron chi connectivity index (χ4n) is 4.04. The first-order valence-electron chi connectivity index (χ1n) is 10.8. The molecule has 1 aliphatic rings. The fraction of sp³-hybridized carbons (Fsp3) is 0.455. The second kappa shape index (κ2) is 9.89. The van der Waals surface area contributed by atoms with E-state index in [2.05, 4.69) is 20.3 Å². The molecule has 0 bridgehead atoms. The van der Waals surface area contributed by atoms with Gasteiger partial charge in [-0.1, -0.05) is 12.1 Å². The summed E-state index contributed by atoms with van der Waals surface area (Å²) in [6.07, 6.45) is 0.250. The van der Waals surface area contributed by atoms with Crippen molar-refractivity contribution in [3.8, 4) is 5.75 Å². The van der Waals surface area contributed by atoms with E-state index < -0.39 is 43.0 Å². The molecular weight excluding hydrogens is 442 g/mol. The molecule has 1 aromatic carbocycles. The zero-order chi connectivity index (χ0) is 24.4. The van der Waals surface area contributed by atoms with Crippen LogP contribution in [0, 0.1) is 0 Å². The Morgan fingerprint density at radius 1 is 1.29 bits per heavy atom. The third-order valence-electron chi connectivity index (χ3n) is 5.85. The van der Waals surface area contributed by atoms with E-state index in [1.807, 2.05) is 26.2 Å². The number of aromatic nitrogens is 4. The summed E-state index contributed by atoms with van der Waals surface area (Å²) in [6.45, 7) is -0.406. The van der Waals surface area contributed by atoms with Crippen molar-refractivity contribution in [1.82, 2.24) is 24.8 Å². The number of methoxy groups -OCH3 is 1. The molecule has 1 amide bonds. The molecule has 1 aliphatic heterocycles. The van der Waals surface area contributed by atoms with Crippen molar-refractivity contribution >= 4 is 22.9 Å². The van der Waals surface area contributed by atoms with Crippen LogP contribution in [0.5, 0.6) is 5.75 Å². The van der Waals surface area contributed by atoms with Gasteiger partial charge in [0, 0.05) is 14.1 Å². The van der Waals surface area contributed by atoms with Gasteiger partial charge in [0.25, 0.3) is 0 Å². The van der Waals surface area contributed by atoms with Gasteiger partial charge in [0.05, 0.1) is 32.1 Å². The van der Waals surface area contributed by atoms with Gasteiger partial charge in [0.1, 0.15) is 24.3 Å². The van der Waals surface area contributed by atoms with Crippen LogP contribution in [0.3, 0.4) is 0 Å². The van der Waals surface area contributed by atoms with Gasteiger partial charge in [-0.25, -0.2) is 15.0 Å². The summed E-state index contributed by atoms with van der Waals surface area (Å²) in [7, 11) is 5.25. The first kappa shape index (κ1) is 23.8. The number of aliphatic hydroxyl groups excluding tert-OH is 2. The Bertz CT molecular complexity index is 1140. The van der Waals surface area contributed by atoms with Gasteiger partial charge in [-0.3, -0.25) is 9.36 Å². The first-order chi connectivity index (χ1) is 16.3. The second-order valence-electron chi connectivity index (χ2n) is 8.35. The van der Waals surface area contributed by atoms with Crippen LogP contribution in [0.25, 0.3) is 11.2 Å². The van der Waals surface area contributed by atoms with Crippen molar-refractivity contribution in [2.24, 2.45) is 5.73 Å². The largest absolute Gasteiger partial charge is 0.497 e. The number of nitrogens with zero attached hydrogens (tertiary/aromatic N) is 5. The molecule has 3 aromatic rings. The topological polar surface area (TPSA) is 161 Å². The summed E-state index contributed by atoms with van der Waals surface area (Å²) in [5, 5.41) is 23.6. The number of anilines is 1. The van der Waals surface area contributed by atoms with Crippen molar-refractivity contribution in [2.75, 3.05) is 32.7 Å². The minimum absolute atomic E-state index is 0.295. The average Bonchev–Trinajstić information content (AvgIpc) is 3.40. The van der Waals surface area contributed by atoms with Crippen LogP contribution in [0.2, 0.25) is 0 Å². The predicted molar refractivity (Wildman–Crippen MR) is 123 cm³/mol. The van der Waals surface area contributed by atoms with Crippen molar-refractivity contribution in [1.29, 1.82) is 0 Å². The van der Waals surface area contributed by atoms with Crippen molar-refractivity contribution < 1.29 is 24.5 Å². The fourth-order valence-corrected chi connectivity index (χ4v) is 4.04. The quantitative estimate of drug-likeness (QED) is 0.328. The summed E-state index contributed by atoms with van der Waals surface area (Å²) < 4.78 is 12.6. The molecule has 12 nitrogen and oxygen atoms in total.